The van der Waals surface area contributed by atoms with Crippen LogP contribution < -0.4 is 4.72 Å². The number of rotatable bonds is 3. The molecular weight excluding hydrogens is 294 g/mol. The summed E-state index contributed by atoms with van der Waals surface area (Å²) in [5.41, 5.74) is 3.03. The fourth-order valence-corrected chi connectivity index (χ4v) is 4.51. The summed E-state index contributed by atoms with van der Waals surface area (Å²) < 4.78 is 27.3. The molecule has 20 heavy (non-hydrogen) atoms. The van der Waals surface area contributed by atoms with Gasteiger partial charge in [-0.05, 0) is 49.8 Å². The lowest BCUT2D eigenvalue weighted by atomic mass is 9.91. The van der Waals surface area contributed by atoms with E-state index in [1.54, 1.807) is 6.92 Å². The van der Waals surface area contributed by atoms with Crippen molar-refractivity contribution < 1.29 is 8.42 Å². The number of hydrogen-bond acceptors (Lipinski definition) is 5. The minimum atomic E-state index is -3.63. The van der Waals surface area contributed by atoms with Crippen LogP contribution in [0.2, 0.25) is 0 Å². The average Bonchev–Trinajstić information content (AvgIpc) is 2.86. The van der Waals surface area contributed by atoms with Crippen LogP contribution in [0.4, 0.5) is 5.69 Å². The first-order chi connectivity index (χ1) is 9.56. The molecule has 1 aromatic heterocycles. The summed E-state index contributed by atoms with van der Waals surface area (Å²) in [6, 6.07) is 5.78. The molecular formula is C13H15N3O2S2. The zero-order valence-electron chi connectivity index (χ0n) is 11.1. The Kier molecular flexibility index (Phi) is 3.47. The Labute approximate surface area is 122 Å². The second-order valence-corrected chi connectivity index (χ2v) is 7.88. The number of benzene rings is 1. The van der Waals surface area contributed by atoms with Crippen LogP contribution in [0.15, 0.2) is 22.5 Å². The smallest absolute Gasteiger partial charge is 0.277 e. The number of aryl methyl sites for hydroxylation is 2. The van der Waals surface area contributed by atoms with Gasteiger partial charge in [0.2, 0.25) is 0 Å². The van der Waals surface area contributed by atoms with Crippen molar-refractivity contribution in [2.75, 3.05) is 4.72 Å². The second kappa shape index (κ2) is 5.14. The van der Waals surface area contributed by atoms with Crippen LogP contribution in [0.3, 0.4) is 0 Å². The molecule has 0 unspecified atom stereocenters. The van der Waals surface area contributed by atoms with Gasteiger partial charge in [0.15, 0.2) is 0 Å². The Hall–Kier alpha value is -1.47. The Balaban J connectivity index is 1.95. The summed E-state index contributed by atoms with van der Waals surface area (Å²) in [4.78, 5) is 0. The average molecular weight is 309 g/mol. The third kappa shape index (κ3) is 2.55. The van der Waals surface area contributed by atoms with Gasteiger partial charge in [0.05, 0.1) is 5.69 Å². The first-order valence-corrected chi connectivity index (χ1v) is 8.80. The highest BCUT2D eigenvalue weighted by Crippen LogP contribution is 2.29. The Bertz CT molecular complexity index is 738. The fourth-order valence-electron chi connectivity index (χ4n) is 2.45. The second-order valence-electron chi connectivity index (χ2n) is 4.84. The van der Waals surface area contributed by atoms with E-state index in [4.69, 9.17) is 0 Å². The maximum atomic E-state index is 12.3. The van der Waals surface area contributed by atoms with Gasteiger partial charge in [-0.3, -0.25) is 4.72 Å². The summed E-state index contributed by atoms with van der Waals surface area (Å²) in [5, 5.41) is 8.11. The summed E-state index contributed by atoms with van der Waals surface area (Å²) in [6.45, 7) is 1.74. The van der Waals surface area contributed by atoms with Crippen LogP contribution >= 0.6 is 11.3 Å². The number of hydrogen-bond donors (Lipinski definition) is 1. The summed E-state index contributed by atoms with van der Waals surface area (Å²) in [7, 11) is -3.63. The van der Waals surface area contributed by atoms with Crippen molar-refractivity contribution in [1.82, 2.24) is 10.2 Å². The van der Waals surface area contributed by atoms with Gasteiger partial charge in [0.25, 0.3) is 14.4 Å². The van der Waals surface area contributed by atoms with Crippen molar-refractivity contribution >= 4 is 27.0 Å². The number of anilines is 1. The van der Waals surface area contributed by atoms with Gasteiger partial charge < -0.3 is 0 Å². The van der Waals surface area contributed by atoms with Gasteiger partial charge >= 0.3 is 0 Å². The highest BCUT2D eigenvalue weighted by Gasteiger charge is 2.22. The lowest BCUT2D eigenvalue weighted by molar-refractivity contribution is 0.599. The van der Waals surface area contributed by atoms with Gasteiger partial charge in [-0.2, -0.15) is 8.42 Å². The van der Waals surface area contributed by atoms with Crippen molar-refractivity contribution in [2.45, 2.75) is 36.9 Å². The van der Waals surface area contributed by atoms with Crippen molar-refractivity contribution in [1.29, 1.82) is 0 Å². The van der Waals surface area contributed by atoms with Crippen LogP contribution in [0.5, 0.6) is 0 Å². The third-order valence-corrected chi connectivity index (χ3v) is 5.95. The molecule has 1 aliphatic rings. The minimum Gasteiger partial charge on any atom is -0.277 e. The summed E-state index contributed by atoms with van der Waals surface area (Å²) >= 11 is 1.08. The molecule has 1 aliphatic carbocycles. The SMILES string of the molecule is Cc1nnc(S(=O)(=O)Nc2cccc3c2CCCC3)s1. The molecule has 0 saturated heterocycles. The van der Waals surface area contributed by atoms with Crippen molar-refractivity contribution in [3.05, 3.63) is 34.3 Å². The normalized spacial score (nSPS) is 14.8. The van der Waals surface area contributed by atoms with Crippen LogP contribution in [0.1, 0.15) is 29.0 Å². The number of sulfonamides is 1. The standard InChI is InChI=1S/C13H15N3O2S2/c1-9-14-15-13(19-9)20(17,18)16-12-8-4-6-10-5-2-3-7-11(10)12/h4,6,8,16H,2-3,5,7H2,1H3. The molecule has 0 aliphatic heterocycles. The molecule has 1 N–H and O–H groups in total. The van der Waals surface area contributed by atoms with E-state index < -0.39 is 10.0 Å². The molecule has 3 rings (SSSR count). The molecule has 0 saturated carbocycles. The predicted octanol–water partition coefficient (Wildman–Crippen LogP) is 2.53. The first-order valence-electron chi connectivity index (χ1n) is 6.50. The quantitative estimate of drug-likeness (QED) is 0.945. The highest BCUT2D eigenvalue weighted by molar-refractivity contribution is 7.94. The van der Waals surface area contributed by atoms with Gasteiger partial charge in [0, 0.05) is 0 Å². The topological polar surface area (TPSA) is 72.0 Å². The maximum absolute atomic E-state index is 12.3. The van der Waals surface area contributed by atoms with E-state index in [0.717, 1.165) is 36.2 Å². The third-order valence-electron chi connectivity index (χ3n) is 3.38. The minimum absolute atomic E-state index is 0.0170. The highest BCUT2D eigenvalue weighted by atomic mass is 32.2. The van der Waals surface area contributed by atoms with Crippen LogP contribution in [-0.2, 0) is 22.9 Å². The molecule has 0 radical (unpaired) electrons. The molecule has 0 amide bonds. The predicted molar refractivity (Wildman–Crippen MR) is 78.5 cm³/mol. The van der Waals surface area contributed by atoms with E-state index in [0.29, 0.717) is 10.7 Å². The number of aromatic nitrogens is 2. The largest absolute Gasteiger partial charge is 0.291 e. The van der Waals surface area contributed by atoms with E-state index in [1.165, 1.54) is 12.0 Å². The molecule has 0 atom stereocenters. The zero-order chi connectivity index (χ0) is 14.2. The molecule has 2 aromatic rings. The summed E-state index contributed by atoms with van der Waals surface area (Å²) in [5.74, 6) is 0. The van der Waals surface area contributed by atoms with E-state index in [2.05, 4.69) is 21.0 Å². The monoisotopic (exact) mass is 309 g/mol. The number of nitrogens with one attached hydrogen (secondary N) is 1. The van der Waals surface area contributed by atoms with Gasteiger partial charge in [-0.15, -0.1) is 10.2 Å². The van der Waals surface area contributed by atoms with Crippen LogP contribution in [-0.4, -0.2) is 18.6 Å². The molecule has 7 heteroatoms. The summed E-state index contributed by atoms with van der Waals surface area (Å²) in [6.07, 6.45) is 4.20. The van der Waals surface area contributed by atoms with Crippen molar-refractivity contribution in [2.24, 2.45) is 0 Å². The molecule has 0 spiro atoms. The van der Waals surface area contributed by atoms with Crippen molar-refractivity contribution in [3.63, 3.8) is 0 Å². The van der Waals surface area contributed by atoms with Gasteiger partial charge in [-0.1, -0.05) is 23.5 Å². The Morgan fingerprint density at radius 2 is 2.00 bits per heavy atom. The lowest BCUT2D eigenvalue weighted by Crippen LogP contribution is -2.16. The molecule has 106 valence electrons. The zero-order valence-corrected chi connectivity index (χ0v) is 12.7. The first kappa shape index (κ1) is 13.5. The van der Waals surface area contributed by atoms with E-state index in [-0.39, 0.29) is 4.34 Å². The molecule has 0 bridgehead atoms. The maximum Gasteiger partial charge on any atom is 0.291 e. The van der Waals surface area contributed by atoms with Gasteiger partial charge in [-0.25, -0.2) is 0 Å². The number of fused-ring (bicyclic) bond motifs is 1. The molecule has 1 aromatic carbocycles. The lowest BCUT2D eigenvalue weighted by Gasteiger charge is -2.19. The van der Waals surface area contributed by atoms with Crippen LogP contribution in [0, 0.1) is 6.92 Å². The fraction of sp³-hybridized carbons (Fsp3) is 0.385. The van der Waals surface area contributed by atoms with Crippen LogP contribution in [0.25, 0.3) is 0 Å². The Morgan fingerprint density at radius 1 is 1.20 bits per heavy atom. The number of nitrogens with zero attached hydrogens (tertiary/aromatic N) is 2. The van der Waals surface area contributed by atoms with E-state index >= 15 is 0 Å². The molecule has 5 nitrogen and oxygen atoms in total. The molecule has 0 fully saturated rings. The van der Waals surface area contributed by atoms with Gasteiger partial charge in [0.1, 0.15) is 5.01 Å². The Morgan fingerprint density at radius 3 is 2.75 bits per heavy atom. The van der Waals surface area contributed by atoms with E-state index in [1.807, 2.05) is 12.1 Å². The molecule has 1 heterocycles. The van der Waals surface area contributed by atoms with Crippen molar-refractivity contribution in [3.8, 4) is 0 Å². The van der Waals surface area contributed by atoms with E-state index in [9.17, 15) is 8.42 Å².